The van der Waals surface area contributed by atoms with Gasteiger partial charge in [0.05, 0.1) is 5.60 Å². The highest BCUT2D eigenvalue weighted by molar-refractivity contribution is 5.74. The van der Waals surface area contributed by atoms with Crippen LogP contribution in [0.4, 0.5) is 5.82 Å². The van der Waals surface area contributed by atoms with Gasteiger partial charge in [-0.25, -0.2) is 4.98 Å². The van der Waals surface area contributed by atoms with E-state index in [0.29, 0.717) is 12.1 Å². The van der Waals surface area contributed by atoms with Crippen molar-refractivity contribution in [2.24, 2.45) is 0 Å². The summed E-state index contributed by atoms with van der Waals surface area (Å²) in [5.74, 6) is 0.825. The first-order valence-corrected chi connectivity index (χ1v) is 5.49. The van der Waals surface area contributed by atoms with Crippen molar-refractivity contribution in [1.82, 2.24) is 4.98 Å². The van der Waals surface area contributed by atoms with E-state index in [4.69, 9.17) is 0 Å². The van der Waals surface area contributed by atoms with E-state index in [0.717, 1.165) is 31.5 Å². The van der Waals surface area contributed by atoms with Gasteiger partial charge in [-0.05, 0) is 31.9 Å². The minimum atomic E-state index is -0.636. The van der Waals surface area contributed by atoms with E-state index in [2.05, 4.69) is 9.88 Å². The molecule has 16 heavy (non-hydrogen) atoms. The largest absolute Gasteiger partial charge is 0.388 e. The Morgan fingerprint density at radius 1 is 1.56 bits per heavy atom. The van der Waals surface area contributed by atoms with Crippen molar-refractivity contribution in [3.63, 3.8) is 0 Å². The monoisotopic (exact) mass is 220 g/mol. The van der Waals surface area contributed by atoms with Gasteiger partial charge in [-0.1, -0.05) is 0 Å². The fourth-order valence-electron chi connectivity index (χ4n) is 2.07. The molecule has 0 spiro atoms. The molecule has 1 aromatic heterocycles. The number of piperidine rings is 1. The molecule has 4 heteroatoms. The molecule has 0 bridgehead atoms. The van der Waals surface area contributed by atoms with E-state index in [-0.39, 0.29) is 0 Å². The van der Waals surface area contributed by atoms with E-state index < -0.39 is 5.60 Å². The minimum Gasteiger partial charge on any atom is -0.388 e. The van der Waals surface area contributed by atoms with E-state index in [9.17, 15) is 9.90 Å². The highest BCUT2D eigenvalue weighted by Crippen LogP contribution is 2.24. The van der Waals surface area contributed by atoms with Gasteiger partial charge >= 0.3 is 0 Å². The fourth-order valence-corrected chi connectivity index (χ4v) is 2.07. The third-order valence-electron chi connectivity index (χ3n) is 2.91. The average Bonchev–Trinajstić information content (AvgIpc) is 2.28. The van der Waals surface area contributed by atoms with Crippen LogP contribution in [0.25, 0.3) is 0 Å². The SMILES string of the molecule is CC1(O)CCCN(c2ccc(C=O)cn2)C1. The van der Waals surface area contributed by atoms with Crippen LogP contribution in [0.1, 0.15) is 30.1 Å². The Bertz CT molecular complexity index is 373. The number of aromatic nitrogens is 1. The molecule has 0 amide bonds. The number of aliphatic hydroxyl groups is 1. The average molecular weight is 220 g/mol. The normalized spacial score (nSPS) is 25.5. The predicted octanol–water partition coefficient (Wildman–Crippen LogP) is 1.25. The van der Waals surface area contributed by atoms with E-state index >= 15 is 0 Å². The zero-order chi connectivity index (χ0) is 11.6. The summed E-state index contributed by atoms with van der Waals surface area (Å²) in [7, 11) is 0. The second kappa shape index (κ2) is 4.22. The van der Waals surface area contributed by atoms with Crippen LogP contribution in [0.3, 0.4) is 0 Å². The number of hydrogen-bond donors (Lipinski definition) is 1. The van der Waals surface area contributed by atoms with Gasteiger partial charge in [-0.2, -0.15) is 0 Å². The quantitative estimate of drug-likeness (QED) is 0.762. The van der Waals surface area contributed by atoms with Crippen LogP contribution in [0, 0.1) is 0 Å². The summed E-state index contributed by atoms with van der Waals surface area (Å²) >= 11 is 0. The molecule has 2 heterocycles. The van der Waals surface area contributed by atoms with Crippen LogP contribution in [-0.2, 0) is 0 Å². The second-order valence-electron chi connectivity index (χ2n) is 4.59. The lowest BCUT2D eigenvalue weighted by Crippen LogP contribution is -2.46. The summed E-state index contributed by atoms with van der Waals surface area (Å²) < 4.78 is 0. The number of carbonyl (C=O) groups excluding carboxylic acids is 1. The van der Waals surface area contributed by atoms with Crippen LogP contribution in [-0.4, -0.2) is 35.1 Å². The lowest BCUT2D eigenvalue weighted by molar-refractivity contribution is 0.0447. The topological polar surface area (TPSA) is 53.4 Å². The van der Waals surface area contributed by atoms with E-state index in [1.807, 2.05) is 13.0 Å². The van der Waals surface area contributed by atoms with Crippen LogP contribution in [0.5, 0.6) is 0 Å². The van der Waals surface area contributed by atoms with Gasteiger partial charge in [0, 0.05) is 24.8 Å². The Hall–Kier alpha value is -1.42. The Balaban J connectivity index is 2.14. The number of aldehydes is 1. The van der Waals surface area contributed by atoms with Crippen molar-refractivity contribution < 1.29 is 9.90 Å². The first kappa shape index (κ1) is 11.1. The molecular formula is C12H16N2O2. The maximum absolute atomic E-state index is 10.5. The van der Waals surface area contributed by atoms with E-state index in [1.165, 1.54) is 0 Å². The van der Waals surface area contributed by atoms with E-state index in [1.54, 1.807) is 12.3 Å². The van der Waals surface area contributed by atoms with Gasteiger partial charge in [0.2, 0.25) is 0 Å². The number of β-amino-alcohol motifs (C(OH)–C–C–N with tert-alkyl or cyclic N) is 1. The number of pyridine rings is 1. The molecule has 1 N–H and O–H groups in total. The maximum atomic E-state index is 10.5. The van der Waals surface area contributed by atoms with Gasteiger partial charge < -0.3 is 10.0 Å². The molecular weight excluding hydrogens is 204 g/mol. The third kappa shape index (κ3) is 2.39. The molecule has 1 fully saturated rings. The Morgan fingerprint density at radius 3 is 2.94 bits per heavy atom. The smallest absolute Gasteiger partial charge is 0.151 e. The fraction of sp³-hybridized carbons (Fsp3) is 0.500. The lowest BCUT2D eigenvalue weighted by atomic mass is 9.95. The zero-order valence-electron chi connectivity index (χ0n) is 9.39. The van der Waals surface area contributed by atoms with Crippen molar-refractivity contribution in [3.8, 4) is 0 Å². The van der Waals surface area contributed by atoms with Gasteiger partial charge in [0.25, 0.3) is 0 Å². The molecule has 1 unspecified atom stereocenters. The number of rotatable bonds is 2. The number of carbonyl (C=O) groups is 1. The van der Waals surface area contributed by atoms with Crippen LogP contribution < -0.4 is 4.90 Å². The van der Waals surface area contributed by atoms with Crippen LogP contribution in [0.2, 0.25) is 0 Å². The standard InChI is InChI=1S/C12H16N2O2/c1-12(16)5-2-6-14(9-12)11-4-3-10(8-15)7-13-11/h3-4,7-8,16H,2,5-6,9H2,1H3. The van der Waals surface area contributed by atoms with Crippen molar-refractivity contribution in [2.45, 2.75) is 25.4 Å². The molecule has 0 radical (unpaired) electrons. The van der Waals surface area contributed by atoms with Crippen molar-refractivity contribution in [3.05, 3.63) is 23.9 Å². The molecule has 1 aromatic rings. The Kier molecular flexibility index (Phi) is 2.92. The molecule has 4 nitrogen and oxygen atoms in total. The highest BCUT2D eigenvalue weighted by Gasteiger charge is 2.28. The maximum Gasteiger partial charge on any atom is 0.151 e. The molecule has 0 aromatic carbocycles. The summed E-state index contributed by atoms with van der Waals surface area (Å²) in [6.45, 7) is 3.35. The molecule has 2 rings (SSSR count). The molecule has 0 aliphatic carbocycles. The molecule has 86 valence electrons. The molecule has 1 saturated heterocycles. The van der Waals surface area contributed by atoms with Crippen molar-refractivity contribution in [2.75, 3.05) is 18.0 Å². The Labute approximate surface area is 94.9 Å². The first-order chi connectivity index (χ1) is 7.61. The van der Waals surface area contributed by atoms with Gasteiger partial charge in [-0.3, -0.25) is 4.79 Å². The Morgan fingerprint density at radius 2 is 2.38 bits per heavy atom. The second-order valence-corrected chi connectivity index (χ2v) is 4.59. The summed E-state index contributed by atoms with van der Waals surface area (Å²) in [4.78, 5) is 16.8. The van der Waals surface area contributed by atoms with Gasteiger partial charge in [0.15, 0.2) is 6.29 Å². The lowest BCUT2D eigenvalue weighted by Gasteiger charge is -2.37. The molecule has 1 aliphatic rings. The first-order valence-electron chi connectivity index (χ1n) is 5.49. The summed E-state index contributed by atoms with van der Waals surface area (Å²) in [6.07, 6.45) is 4.13. The zero-order valence-corrected chi connectivity index (χ0v) is 9.39. The summed E-state index contributed by atoms with van der Waals surface area (Å²) in [5.41, 5.74) is -0.0592. The number of nitrogens with zero attached hydrogens (tertiary/aromatic N) is 2. The molecule has 0 saturated carbocycles. The molecule has 1 aliphatic heterocycles. The number of anilines is 1. The van der Waals surface area contributed by atoms with Crippen LogP contribution in [0.15, 0.2) is 18.3 Å². The van der Waals surface area contributed by atoms with Crippen LogP contribution >= 0.6 is 0 Å². The van der Waals surface area contributed by atoms with Gasteiger partial charge in [-0.15, -0.1) is 0 Å². The third-order valence-corrected chi connectivity index (χ3v) is 2.91. The number of hydrogen-bond acceptors (Lipinski definition) is 4. The summed E-state index contributed by atoms with van der Waals surface area (Å²) in [6, 6.07) is 3.57. The van der Waals surface area contributed by atoms with Crippen molar-refractivity contribution in [1.29, 1.82) is 0 Å². The molecule has 1 atom stereocenters. The summed E-state index contributed by atoms with van der Waals surface area (Å²) in [5, 5.41) is 9.98. The minimum absolute atomic E-state index is 0.576. The highest BCUT2D eigenvalue weighted by atomic mass is 16.3. The predicted molar refractivity (Wildman–Crippen MR) is 61.7 cm³/mol. The van der Waals surface area contributed by atoms with Crippen molar-refractivity contribution >= 4 is 12.1 Å². The van der Waals surface area contributed by atoms with Gasteiger partial charge in [0.1, 0.15) is 5.82 Å².